The molecule has 0 saturated carbocycles. The quantitative estimate of drug-likeness (QED) is 0.252. The lowest BCUT2D eigenvalue weighted by Crippen LogP contribution is -2.16. The van der Waals surface area contributed by atoms with Crippen LogP contribution in [0.5, 0.6) is 11.5 Å². The minimum absolute atomic E-state index is 0.0564. The van der Waals surface area contributed by atoms with Crippen LogP contribution in [0.15, 0.2) is 59.6 Å². The van der Waals surface area contributed by atoms with E-state index in [-0.39, 0.29) is 12.3 Å². The zero-order valence-electron chi connectivity index (χ0n) is 16.6. The van der Waals surface area contributed by atoms with Gasteiger partial charge in [-0.05, 0) is 48.4 Å². The molecule has 0 aliphatic carbocycles. The lowest BCUT2D eigenvalue weighted by atomic mass is 10.2. The second-order valence-corrected chi connectivity index (χ2v) is 7.49. The maximum Gasteiger partial charge on any atom is 0.269 e. The smallest absolute Gasteiger partial charge is 0.269 e. The number of aromatic nitrogens is 2. The van der Waals surface area contributed by atoms with Gasteiger partial charge in [0.05, 0.1) is 18.4 Å². The first-order chi connectivity index (χ1) is 14.6. The highest BCUT2D eigenvalue weighted by atomic mass is 79.9. The summed E-state index contributed by atoms with van der Waals surface area (Å²) >= 11 is 3.60. The van der Waals surface area contributed by atoms with E-state index in [0.29, 0.717) is 18.0 Å². The average molecular weight is 475 g/mol. The summed E-state index contributed by atoms with van der Waals surface area (Å²) in [7, 11) is 1.60. The summed E-state index contributed by atoms with van der Waals surface area (Å²) in [5, 5.41) is 14.2. The Morgan fingerprint density at radius 1 is 1.23 bits per heavy atom. The molecule has 1 heterocycles. The molecule has 1 N–H and O–H groups in total. The van der Waals surface area contributed by atoms with Crippen molar-refractivity contribution in [1.29, 1.82) is 0 Å². The topological polar surface area (TPSA) is 91.5 Å². The van der Waals surface area contributed by atoms with E-state index in [1.807, 2.05) is 24.7 Å². The summed E-state index contributed by atoms with van der Waals surface area (Å²) in [6, 6.07) is 10.1. The Morgan fingerprint density at radius 3 is 2.70 bits per heavy atom. The van der Waals surface area contributed by atoms with E-state index in [2.05, 4.69) is 30.8 Å². The van der Waals surface area contributed by atoms with E-state index < -0.39 is 4.92 Å². The number of imidazole rings is 1. The number of nitro benzene ring substituents is 1. The van der Waals surface area contributed by atoms with Crippen LogP contribution in [0, 0.1) is 10.1 Å². The number of hydrogen-bond acceptors (Lipinski definition) is 6. The van der Waals surface area contributed by atoms with Crippen LogP contribution in [0.2, 0.25) is 0 Å². The molecule has 3 aromatic rings. The number of non-ortho nitro benzene ring substituents is 1. The third kappa shape index (κ3) is 6.04. The minimum Gasteiger partial charge on any atom is -0.493 e. The van der Waals surface area contributed by atoms with Crippen molar-refractivity contribution in [3.05, 3.63) is 80.8 Å². The third-order valence-corrected chi connectivity index (χ3v) is 5.26. The number of nitrogens with one attached hydrogen (secondary N) is 1. The van der Waals surface area contributed by atoms with Gasteiger partial charge in [0, 0.05) is 42.1 Å². The van der Waals surface area contributed by atoms with E-state index in [1.54, 1.807) is 25.4 Å². The van der Waals surface area contributed by atoms with Crippen LogP contribution in [0.4, 0.5) is 5.69 Å². The van der Waals surface area contributed by atoms with Crippen LogP contribution in [0.1, 0.15) is 17.5 Å². The largest absolute Gasteiger partial charge is 0.493 e. The summed E-state index contributed by atoms with van der Waals surface area (Å²) in [5.41, 5.74) is 1.96. The number of nitrogens with zero attached hydrogens (tertiary/aromatic N) is 3. The van der Waals surface area contributed by atoms with Gasteiger partial charge < -0.3 is 19.4 Å². The molecule has 158 valence electrons. The van der Waals surface area contributed by atoms with Crippen LogP contribution in [-0.2, 0) is 19.7 Å². The Hall–Kier alpha value is -2.91. The van der Waals surface area contributed by atoms with Crippen LogP contribution >= 0.6 is 15.9 Å². The van der Waals surface area contributed by atoms with Gasteiger partial charge in [-0.2, -0.15) is 0 Å². The molecular weight excluding hydrogens is 452 g/mol. The summed E-state index contributed by atoms with van der Waals surface area (Å²) in [5.74, 6) is 1.24. The zero-order valence-corrected chi connectivity index (χ0v) is 18.2. The number of ether oxygens (including phenoxy) is 2. The monoisotopic (exact) mass is 474 g/mol. The molecule has 3 rings (SSSR count). The van der Waals surface area contributed by atoms with E-state index in [4.69, 9.17) is 9.47 Å². The van der Waals surface area contributed by atoms with Crippen molar-refractivity contribution >= 4 is 21.6 Å². The number of rotatable bonds is 11. The summed E-state index contributed by atoms with van der Waals surface area (Å²) < 4.78 is 14.3. The molecule has 0 radical (unpaired) electrons. The molecule has 8 nitrogen and oxygen atoms in total. The van der Waals surface area contributed by atoms with Crippen molar-refractivity contribution in [3.63, 3.8) is 0 Å². The molecule has 0 fully saturated rings. The van der Waals surface area contributed by atoms with Crippen molar-refractivity contribution in [2.24, 2.45) is 0 Å². The Bertz CT molecular complexity index is 962. The first kappa shape index (κ1) is 21.8. The van der Waals surface area contributed by atoms with Crippen molar-refractivity contribution < 1.29 is 14.4 Å². The van der Waals surface area contributed by atoms with E-state index in [9.17, 15) is 10.1 Å². The van der Waals surface area contributed by atoms with Crippen LogP contribution < -0.4 is 14.8 Å². The number of benzene rings is 2. The molecule has 1 aromatic heterocycles. The molecule has 0 aliphatic heterocycles. The molecule has 0 spiro atoms. The van der Waals surface area contributed by atoms with Gasteiger partial charge in [-0.3, -0.25) is 10.1 Å². The summed E-state index contributed by atoms with van der Waals surface area (Å²) in [6.07, 6.45) is 6.55. The highest BCUT2D eigenvalue weighted by molar-refractivity contribution is 9.10. The van der Waals surface area contributed by atoms with Gasteiger partial charge in [-0.1, -0.05) is 15.9 Å². The van der Waals surface area contributed by atoms with Gasteiger partial charge in [0.2, 0.25) is 0 Å². The fourth-order valence-corrected chi connectivity index (χ4v) is 3.35. The van der Waals surface area contributed by atoms with Crippen LogP contribution in [0.3, 0.4) is 0 Å². The molecular formula is C21H23BrN4O4. The highest BCUT2D eigenvalue weighted by Gasteiger charge is 2.11. The molecule has 0 aliphatic rings. The standard InChI is InChI=1S/C21H23BrN4O4/c1-29-20-11-17(13-23-7-2-9-25-10-8-24-15-25)19(22)12-21(20)30-14-16-3-5-18(6-4-16)26(27)28/h3-6,8,10-12,15,23H,2,7,9,13-14H2,1H3. The maximum absolute atomic E-state index is 10.8. The second-order valence-electron chi connectivity index (χ2n) is 6.64. The molecule has 30 heavy (non-hydrogen) atoms. The maximum atomic E-state index is 10.8. The van der Waals surface area contributed by atoms with Gasteiger partial charge >= 0.3 is 0 Å². The van der Waals surface area contributed by atoms with Gasteiger partial charge in [0.1, 0.15) is 6.61 Å². The number of aryl methyl sites for hydroxylation is 1. The molecule has 0 unspecified atom stereocenters. The Kier molecular flexibility index (Phi) is 7.81. The molecule has 0 amide bonds. The number of hydrogen-bond donors (Lipinski definition) is 1. The minimum atomic E-state index is -0.421. The van der Waals surface area contributed by atoms with Gasteiger partial charge in [0.25, 0.3) is 5.69 Å². The Balaban J connectivity index is 1.54. The number of halogens is 1. The third-order valence-electron chi connectivity index (χ3n) is 4.52. The number of methoxy groups -OCH3 is 1. The van der Waals surface area contributed by atoms with Crippen molar-refractivity contribution in [2.75, 3.05) is 13.7 Å². The lowest BCUT2D eigenvalue weighted by Gasteiger charge is -2.14. The first-order valence-corrected chi connectivity index (χ1v) is 10.2. The lowest BCUT2D eigenvalue weighted by molar-refractivity contribution is -0.384. The SMILES string of the molecule is COc1cc(CNCCCn2ccnc2)c(Br)cc1OCc1ccc([N+](=O)[O-])cc1. The van der Waals surface area contributed by atoms with Crippen molar-refractivity contribution in [2.45, 2.75) is 26.1 Å². The Morgan fingerprint density at radius 2 is 2.03 bits per heavy atom. The second kappa shape index (κ2) is 10.7. The van der Waals surface area contributed by atoms with Crippen molar-refractivity contribution in [3.8, 4) is 11.5 Å². The summed E-state index contributed by atoms with van der Waals surface area (Å²) in [6.45, 7) is 2.79. The van der Waals surface area contributed by atoms with Gasteiger partial charge in [-0.15, -0.1) is 0 Å². The summed E-state index contributed by atoms with van der Waals surface area (Å²) in [4.78, 5) is 14.4. The van der Waals surface area contributed by atoms with E-state index >= 15 is 0 Å². The van der Waals surface area contributed by atoms with Gasteiger partial charge in [0.15, 0.2) is 11.5 Å². The normalized spacial score (nSPS) is 10.7. The first-order valence-electron chi connectivity index (χ1n) is 9.46. The molecule has 0 bridgehead atoms. The van der Waals surface area contributed by atoms with E-state index in [0.717, 1.165) is 35.1 Å². The van der Waals surface area contributed by atoms with Gasteiger partial charge in [-0.25, -0.2) is 4.98 Å². The van der Waals surface area contributed by atoms with Crippen LogP contribution in [-0.4, -0.2) is 28.1 Å². The molecule has 0 saturated heterocycles. The Labute approximate surface area is 183 Å². The van der Waals surface area contributed by atoms with E-state index in [1.165, 1.54) is 12.1 Å². The highest BCUT2D eigenvalue weighted by Crippen LogP contribution is 2.34. The molecule has 9 heteroatoms. The molecule has 0 atom stereocenters. The van der Waals surface area contributed by atoms with Crippen molar-refractivity contribution in [1.82, 2.24) is 14.9 Å². The predicted molar refractivity (Wildman–Crippen MR) is 117 cm³/mol. The predicted octanol–water partition coefficient (Wildman–Crippen LogP) is 4.32. The zero-order chi connectivity index (χ0) is 21.3. The average Bonchev–Trinajstić information content (AvgIpc) is 3.27. The molecule has 2 aromatic carbocycles. The van der Waals surface area contributed by atoms with Crippen LogP contribution in [0.25, 0.3) is 0 Å². The fraction of sp³-hybridized carbons (Fsp3) is 0.286. The number of nitro groups is 1. The fourth-order valence-electron chi connectivity index (χ4n) is 2.89.